The molecule has 0 unspecified atom stereocenters. The lowest BCUT2D eigenvalue weighted by Gasteiger charge is -2.27. The highest BCUT2D eigenvalue weighted by Gasteiger charge is 2.29. The molecule has 1 saturated heterocycles. The van der Waals surface area contributed by atoms with E-state index in [4.69, 9.17) is 9.47 Å². The van der Waals surface area contributed by atoms with Crippen molar-refractivity contribution in [2.24, 2.45) is 0 Å². The Kier molecular flexibility index (Phi) is 7.34. The van der Waals surface area contributed by atoms with Crippen LogP contribution in [0.4, 0.5) is 5.69 Å². The fraction of sp³-hybridized carbons (Fsp3) is 0.273. The van der Waals surface area contributed by atoms with Gasteiger partial charge in [0, 0.05) is 29.1 Å². The molecule has 11 heteroatoms. The number of hydrogen-bond donors (Lipinski definition) is 1. The molecule has 0 spiro atoms. The van der Waals surface area contributed by atoms with E-state index in [0.717, 1.165) is 15.4 Å². The fourth-order valence-electron chi connectivity index (χ4n) is 3.48. The van der Waals surface area contributed by atoms with Crippen LogP contribution in [0.15, 0.2) is 56.4 Å². The van der Waals surface area contributed by atoms with Gasteiger partial charge < -0.3 is 14.8 Å². The third-order valence-electron chi connectivity index (χ3n) is 5.10. The van der Waals surface area contributed by atoms with Crippen LogP contribution >= 0.6 is 31.9 Å². The number of aryl methyl sites for hydroxylation is 1. The van der Waals surface area contributed by atoms with Gasteiger partial charge in [-0.15, -0.1) is 0 Å². The van der Waals surface area contributed by atoms with Gasteiger partial charge in [-0.25, -0.2) is 8.42 Å². The number of aromatic nitrogens is 1. The van der Waals surface area contributed by atoms with Crippen molar-refractivity contribution in [2.45, 2.75) is 11.8 Å². The summed E-state index contributed by atoms with van der Waals surface area (Å²) < 4.78 is 40.3. The number of anilines is 1. The van der Waals surface area contributed by atoms with Crippen molar-refractivity contribution in [3.63, 3.8) is 0 Å². The highest BCUT2D eigenvalue weighted by Crippen LogP contribution is 2.37. The number of nitrogens with zero attached hydrogens (tertiary/aromatic N) is 2. The molecular formula is C22H21Br2N3O5S. The molecule has 174 valence electrons. The zero-order valence-electron chi connectivity index (χ0n) is 17.7. The van der Waals surface area contributed by atoms with E-state index in [1.807, 2.05) is 18.2 Å². The second-order valence-electron chi connectivity index (χ2n) is 7.42. The van der Waals surface area contributed by atoms with Crippen LogP contribution in [0.25, 0.3) is 10.9 Å². The summed E-state index contributed by atoms with van der Waals surface area (Å²) in [5, 5.41) is 3.53. The minimum absolute atomic E-state index is 0.0506. The molecule has 0 radical (unpaired) electrons. The largest absolute Gasteiger partial charge is 0.480 e. The zero-order chi connectivity index (χ0) is 23.6. The fourth-order valence-corrected chi connectivity index (χ4v) is 6.51. The first-order valence-corrected chi connectivity index (χ1v) is 13.1. The van der Waals surface area contributed by atoms with Gasteiger partial charge in [0.05, 0.1) is 23.4 Å². The molecule has 8 nitrogen and oxygen atoms in total. The zero-order valence-corrected chi connectivity index (χ0v) is 21.7. The number of rotatable bonds is 6. The number of nitrogens with one attached hydrogen (secondary N) is 1. The van der Waals surface area contributed by atoms with Crippen LogP contribution in [0.2, 0.25) is 0 Å². The Morgan fingerprint density at radius 2 is 1.94 bits per heavy atom. The summed E-state index contributed by atoms with van der Waals surface area (Å²) in [6.07, 6.45) is 1.64. The topological polar surface area (TPSA) is 97.8 Å². The number of carbonyl (C=O) groups excluding carboxylic acids is 1. The molecule has 2 heterocycles. The maximum absolute atomic E-state index is 13.2. The van der Waals surface area contributed by atoms with Crippen LogP contribution in [0, 0.1) is 6.92 Å². The maximum atomic E-state index is 13.2. The normalized spacial score (nSPS) is 14.9. The van der Waals surface area contributed by atoms with E-state index in [1.165, 1.54) is 4.31 Å². The number of halogens is 2. The third kappa shape index (κ3) is 5.22. The standard InChI is InChI=1S/C22H21Br2N3O5S/c1-14-4-5-18(19(11-14)33(29,30)27-7-9-31-10-8-27)26-20(28)13-32-22-17(24)12-16(23)15-3-2-6-25-21(15)22/h2-6,11-12H,7-10,13H2,1H3,(H,26,28). The smallest absolute Gasteiger partial charge is 0.262 e. The van der Waals surface area contributed by atoms with Gasteiger partial charge in [-0.3, -0.25) is 9.78 Å². The van der Waals surface area contributed by atoms with Crippen molar-refractivity contribution < 1.29 is 22.7 Å². The number of amides is 1. The van der Waals surface area contributed by atoms with E-state index >= 15 is 0 Å². The first-order chi connectivity index (χ1) is 15.8. The van der Waals surface area contributed by atoms with Gasteiger partial charge >= 0.3 is 0 Å². The molecule has 4 rings (SSSR count). The number of ether oxygens (including phenoxy) is 2. The lowest BCUT2D eigenvalue weighted by atomic mass is 10.2. The highest BCUT2D eigenvalue weighted by atomic mass is 79.9. The summed E-state index contributed by atoms with van der Waals surface area (Å²) in [5.41, 5.74) is 1.57. The Bertz CT molecular complexity index is 1310. The van der Waals surface area contributed by atoms with Gasteiger partial charge in [0.1, 0.15) is 10.4 Å². The second-order valence-corrected chi connectivity index (χ2v) is 11.0. The molecule has 33 heavy (non-hydrogen) atoms. The van der Waals surface area contributed by atoms with E-state index in [9.17, 15) is 13.2 Å². The first-order valence-electron chi connectivity index (χ1n) is 10.1. The molecule has 3 aromatic rings. The lowest BCUT2D eigenvalue weighted by molar-refractivity contribution is -0.118. The molecule has 0 bridgehead atoms. The molecule has 1 aliphatic heterocycles. The van der Waals surface area contributed by atoms with E-state index < -0.39 is 15.9 Å². The Morgan fingerprint density at radius 3 is 2.70 bits per heavy atom. The van der Waals surface area contributed by atoms with E-state index in [1.54, 1.807) is 31.3 Å². The van der Waals surface area contributed by atoms with Gasteiger partial charge in [-0.05, 0) is 52.7 Å². The summed E-state index contributed by atoms with van der Waals surface area (Å²) >= 11 is 6.95. The quantitative estimate of drug-likeness (QED) is 0.459. The van der Waals surface area contributed by atoms with Gasteiger partial charge in [0.2, 0.25) is 10.0 Å². The number of morpholine rings is 1. The Balaban J connectivity index is 1.55. The van der Waals surface area contributed by atoms with Crippen LogP contribution in [-0.4, -0.2) is 56.5 Å². The van der Waals surface area contributed by atoms with Gasteiger partial charge in [0.25, 0.3) is 5.91 Å². The number of sulfonamides is 1. The van der Waals surface area contributed by atoms with Crippen LogP contribution < -0.4 is 10.1 Å². The lowest BCUT2D eigenvalue weighted by Crippen LogP contribution is -2.41. The third-order valence-corrected chi connectivity index (χ3v) is 8.28. The predicted octanol–water partition coefficient (Wildman–Crippen LogP) is 4.11. The molecular weight excluding hydrogens is 578 g/mol. The van der Waals surface area contributed by atoms with Crippen molar-refractivity contribution in [1.82, 2.24) is 9.29 Å². The van der Waals surface area contributed by atoms with Crippen molar-refractivity contribution >= 4 is 64.4 Å². The Hall–Kier alpha value is -2.05. The number of carbonyl (C=O) groups is 1. The number of fused-ring (bicyclic) bond motifs is 1. The number of pyridine rings is 1. The van der Waals surface area contributed by atoms with Gasteiger partial charge in [-0.2, -0.15) is 4.31 Å². The molecule has 0 atom stereocenters. The van der Waals surface area contributed by atoms with Crippen LogP contribution in [0.5, 0.6) is 5.75 Å². The summed E-state index contributed by atoms with van der Waals surface area (Å²) in [6, 6.07) is 10.4. The Labute approximate surface area is 208 Å². The average Bonchev–Trinajstić information content (AvgIpc) is 2.80. The average molecular weight is 599 g/mol. The molecule has 1 N–H and O–H groups in total. The van der Waals surface area contributed by atoms with Crippen molar-refractivity contribution in [1.29, 1.82) is 0 Å². The van der Waals surface area contributed by atoms with Gasteiger partial charge in [-0.1, -0.05) is 28.1 Å². The maximum Gasteiger partial charge on any atom is 0.262 e. The first kappa shape index (κ1) is 24.1. The molecule has 1 amide bonds. The van der Waals surface area contributed by atoms with E-state index in [-0.39, 0.29) is 30.3 Å². The SMILES string of the molecule is Cc1ccc(NC(=O)COc2c(Br)cc(Br)c3cccnc23)c(S(=O)(=O)N2CCOCC2)c1. The number of hydrogen-bond acceptors (Lipinski definition) is 6. The summed E-state index contributed by atoms with van der Waals surface area (Å²) in [5.74, 6) is -0.0646. The molecule has 1 aliphatic rings. The van der Waals surface area contributed by atoms with E-state index in [2.05, 4.69) is 42.2 Å². The van der Waals surface area contributed by atoms with Crippen molar-refractivity contribution in [3.05, 3.63) is 57.1 Å². The van der Waals surface area contributed by atoms with Crippen molar-refractivity contribution in [2.75, 3.05) is 38.2 Å². The molecule has 1 aromatic heterocycles. The van der Waals surface area contributed by atoms with Crippen LogP contribution in [0.1, 0.15) is 5.56 Å². The van der Waals surface area contributed by atoms with Crippen LogP contribution in [0.3, 0.4) is 0 Å². The monoisotopic (exact) mass is 597 g/mol. The van der Waals surface area contributed by atoms with E-state index in [0.29, 0.717) is 29.0 Å². The minimum Gasteiger partial charge on any atom is -0.480 e. The Morgan fingerprint density at radius 1 is 1.18 bits per heavy atom. The summed E-state index contributed by atoms with van der Waals surface area (Å²) in [7, 11) is -3.79. The highest BCUT2D eigenvalue weighted by molar-refractivity contribution is 9.11. The van der Waals surface area contributed by atoms with Gasteiger partial charge in [0.15, 0.2) is 12.4 Å². The predicted molar refractivity (Wildman–Crippen MR) is 132 cm³/mol. The second kappa shape index (κ2) is 10.1. The molecule has 2 aromatic carbocycles. The molecule has 0 saturated carbocycles. The molecule has 1 fully saturated rings. The summed E-state index contributed by atoms with van der Waals surface area (Å²) in [4.78, 5) is 17.1. The minimum atomic E-state index is -3.79. The molecule has 0 aliphatic carbocycles. The number of benzene rings is 2. The van der Waals surface area contributed by atoms with Crippen LogP contribution in [-0.2, 0) is 19.6 Å². The van der Waals surface area contributed by atoms with Crippen molar-refractivity contribution in [3.8, 4) is 5.75 Å². The summed E-state index contributed by atoms with van der Waals surface area (Å²) in [6.45, 7) is 2.69.